The molecule has 29 heavy (non-hydrogen) atoms. The number of aromatic nitrogens is 3. The number of aromatic amines is 1. The van der Waals surface area contributed by atoms with Crippen LogP contribution in [0, 0.1) is 25.5 Å². The number of halogens is 2. The van der Waals surface area contributed by atoms with E-state index in [-0.39, 0.29) is 17.1 Å². The highest BCUT2D eigenvalue weighted by molar-refractivity contribution is 6.06. The number of anilines is 1. The quantitative estimate of drug-likeness (QED) is 0.517. The van der Waals surface area contributed by atoms with Crippen molar-refractivity contribution >= 4 is 34.6 Å². The predicted molar refractivity (Wildman–Crippen MR) is 105 cm³/mol. The Kier molecular flexibility index (Phi) is 4.67. The van der Waals surface area contributed by atoms with E-state index in [2.05, 4.69) is 20.7 Å². The topological polar surface area (TPSA) is 83.8 Å². The number of aryl methyl sites for hydroxylation is 2. The zero-order chi connectivity index (χ0) is 20.5. The molecule has 0 saturated heterocycles. The molecular formula is C21H16F2N4O2. The Morgan fingerprint density at radius 1 is 1.14 bits per heavy atom. The van der Waals surface area contributed by atoms with Gasteiger partial charge in [-0.05, 0) is 43.7 Å². The molecule has 2 aromatic heterocycles. The maximum atomic E-state index is 14.5. The molecule has 146 valence electrons. The van der Waals surface area contributed by atoms with Gasteiger partial charge in [-0.1, -0.05) is 23.4 Å². The van der Waals surface area contributed by atoms with E-state index < -0.39 is 11.7 Å². The summed E-state index contributed by atoms with van der Waals surface area (Å²) in [6.45, 7) is 3.25. The summed E-state index contributed by atoms with van der Waals surface area (Å²) < 4.78 is 32.5. The van der Waals surface area contributed by atoms with Gasteiger partial charge in [0.2, 0.25) is 0 Å². The van der Waals surface area contributed by atoms with Gasteiger partial charge >= 0.3 is 0 Å². The molecule has 0 saturated carbocycles. The second kappa shape index (κ2) is 7.31. The molecule has 4 rings (SSSR count). The number of amides is 1. The number of nitrogens with one attached hydrogen (secondary N) is 2. The first-order chi connectivity index (χ1) is 13.9. The summed E-state index contributed by atoms with van der Waals surface area (Å²) in [6.07, 6.45) is 3.49. The molecule has 0 aliphatic heterocycles. The molecule has 2 N–H and O–H groups in total. The molecule has 2 aromatic carbocycles. The summed E-state index contributed by atoms with van der Waals surface area (Å²) in [5.74, 6) is -1.07. The van der Waals surface area contributed by atoms with Crippen LogP contribution in [0.3, 0.4) is 0 Å². The van der Waals surface area contributed by atoms with Gasteiger partial charge in [0.05, 0.1) is 22.6 Å². The van der Waals surface area contributed by atoms with E-state index in [1.54, 1.807) is 38.1 Å². The minimum atomic E-state index is -0.602. The average Bonchev–Trinajstić information content (AvgIpc) is 3.24. The number of carbonyl (C=O) groups is 1. The molecule has 0 aliphatic carbocycles. The minimum Gasteiger partial charge on any atom is -0.361 e. The van der Waals surface area contributed by atoms with Crippen molar-refractivity contribution in [3.63, 3.8) is 0 Å². The lowest BCUT2D eigenvalue weighted by Gasteiger charge is -2.06. The summed E-state index contributed by atoms with van der Waals surface area (Å²) >= 11 is 0. The van der Waals surface area contributed by atoms with Crippen molar-refractivity contribution in [2.45, 2.75) is 13.8 Å². The van der Waals surface area contributed by atoms with Gasteiger partial charge < -0.3 is 9.84 Å². The standard InChI is InChI=1S/C21H16F2N4O2/c1-11-20(12(2)29-27-11)21(28)24-19-9-15-17(25-26-18(15)10-16(19)23)8-5-13-3-6-14(22)7-4-13/h3-10H,1-2H3,(H,24,28)(H,25,26)/b8-5+. The molecule has 0 bridgehead atoms. The lowest BCUT2D eigenvalue weighted by atomic mass is 10.1. The first kappa shape index (κ1) is 18.5. The van der Waals surface area contributed by atoms with Gasteiger partial charge in [-0.3, -0.25) is 9.89 Å². The molecule has 0 atom stereocenters. The number of fused-ring (bicyclic) bond motifs is 1. The Bertz CT molecular complexity index is 1220. The van der Waals surface area contributed by atoms with E-state index in [0.717, 1.165) is 5.56 Å². The Labute approximate surface area is 164 Å². The van der Waals surface area contributed by atoms with Crippen LogP contribution in [0.15, 0.2) is 40.9 Å². The van der Waals surface area contributed by atoms with Crippen LogP contribution >= 0.6 is 0 Å². The molecule has 6 nitrogen and oxygen atoms in total. The number of benzene rings is 2. The molecule has 0 fully saturated rings. The number of hydrogen-bond donors (Lipinski definition) is 2. The van der Waals surface area contributed by atoms with Crippen molar-refractivity contribution in [1.29, 1.82) is 0 Å². The lowest BCUT2D eigenvalue weighted by molar-refractivity contribution is 0.102. The highest BCUT2D eigenvalue weighted by atomic mass is 19.1. The van der Waals surface area contributed by atoms with Gasteiger partial charge in [0, 0.05) is 11.5 Å². The highest BCUT2D eigenvalue weighted by Crippen LogP contribution is 2.26. The maximum Gasteiger partial charge on any atom is 0.261 e. The third-order valence-electron chi connectivity index (χ3n) is 4.49. The number of rotatable bonds is 4. The van der Waals surface area contributed by atoms with Crippen molar-refractivity contribution in [1.82, 2.24) is 15.4 Å². The normalized spacial score (nSPS) is 11.4. The Morgan fingerprint density at radius 2 is 1.90 bits per heavy atom. The second-order valence-corrected chi connectivity index (χ2v) is 6.52. The first-order valence-electron chi connectivity index (χ1n) is 8.78. The molecule has 8 heteroatoms. The van der Waals surface area contributed by atoms with E-state index in [9.17, 15) is 13.6 Å². The number of hydrogen-bond acceptors (Lipinski definition) is 4. The summed E-state index contributed by atoms with van der Waals surface area (Å²) in [4.78, 5) is 12.5. The number of nitrogens with zero attached hydrogens (tertiary/aromatic N) is 2. The van der Waals surface area contributed by atoms with Crippen molar-refractivity contribution < 1.29 is 18.1 Å². The fourth-order valence-corrected chi connectivity index (χ4v) is 3.02. The van der Waals surface area contributed by atoms with E-state index in [1.165, 1.54) is 24.3 Å². The van der Waals surface area contributed by atoms with Crippen LogP contribution in [0.2, 0.25) is 0 Å². The Morgan fingerprint density at radius 3 is 2.59 bits per heavy atom. The largest absolute Gasteiger partial charge is 0.361 e. The van der Waals surface area contributed by atoms with E-state index in [0.29, 0.717) is 28.1 Å². The number of H-pyrrole nitrogens is 1. The monoisotopic (exact) mass is 394 g/mol. The van der Waals surface area contributed by atoms with Gasteiger partial charge in [0.25, 0.3) is 5.91 Å². The zero-order valence-corrected chi connectivity index (χ0v) is 15.6. The van der Waals surface area contributed by atoms with Crippen molar-refractivity contribution in [2.75, 3.05) is 5.32 Å². The molecular weight excluding hydrogens is 378 g/mol. The highest BCUT2D eigenvalue weighted by Gasteiger charge is 2.19. The van der Waals surface area contributed by atoms with Gasteiger partial charge in [-0.2, -0.15) is 5.10 Å². The molecule has 2 heterocycles. The zero-order valence-electron chi connectivity index (χ0n) is 15.6. The second-order valence-electron chi connectivity index (χ2n) is 6.52. The minimum absolute atomic E-state index is 0.0142. The third kappa shape index (κ3) is 3.64. The fraction of sp³-hybridized carbons (Fsp3) is 0.0952. The first-order valence-corrected chi connectivity index (χ1v) is 8.78. The van der Waals surface area contributed by atoms with Gasteiger partial charge in [0.1, 0.15) is 23.0 Å². The van der Waals surface area contributed by atoms with Crippen LogP contribution in [-0.4, -0.2) is 21.3 Å². The lowest BCUT2D eigenvalue weighted by Crippen LogP contribution is -2.14. The van der Waals surface area contributed by atoms with Crippen LogP contribution in [0.1, 0.15) is 33.1 Å². The maximum absolute atomic E-state index is 14.5. The Balaban J connectivity index is 1.66. The third-order valence-corrected chi connectivity index (χ3v) is 4.49. The van der Waals surface area contributed by atoms with Crippen LogP contribution in [0.25, 0.3) is 23.1 Å². The molecule has 1 amide bonds. The summed E-state index contributed by atoms with van der Waals surface area (Å²) in [6, 6.07) is 8.76. The smallest absolute Gasteiger partial charge is 0.261 e. The van der Waals surface area contributed by atoms with Crippen LogP contribution in [-0.2, 0) is 0 Å². The summed E-state index contributed by atoms with van der Waals surface area (Å²) in [7, 11) is 0. The SMILES string of the molecule is Cc1noc(C)c1C(=O)Nc1cc2c(/C=C/c3ccc(F)cc3)n[nH]c2cc1F. The fourth-order valence-electron chi connectivity index (χ4n) is 3.02. The molecule has 0 spiro atoms. The average molecular weight is 394 g/mol. The molecule has 0 radical (unpaired) electrons. The summed E-state index contributed by atoms with van der Waals surface area (Å²) in [5, 5.41) is 13.9. The van der Waals surface area contributed by atoms with Gasteiger partial charge in [0.15, 0.2) is 0 Å². The predicted octanol–water partition coefficient (Wildman–Crippen LogP) is 4.87. The van der Waals surface area contributed by atoms with Crippen molar-refractivity contribution in [3.8, 4) is 0 Å². The van der Waals surface area contributed by atoms with E-state index in [4.69, 9.17) is 4.52 Å². The van der Waals surface area contributed by atoms with Crippen molar-refractivity contribution in [3.05, 3.63) is 76.3 Å². The van der Waals surface area contributed by atoms with Gasteiger partial charge in [-0.25, -0.2) is 8.78 Å². The van der Waals surface area contributed by atoms with Crippen LogP contribution in [0.4, 0.5) is 14.5 Å². The molecule has 0 unspecified atom stereocenters. The van der Waals surface area contributed by atoms with E-state index in [1.807, 2.05) is 0 Å². The van der Waals surface area contributed by atoms with Crippen LogP contribution < -0.4 is 5.32 Å². The summed E-state index contributed by atoms with van der Waals surface area (Å²) in [5.41, 5.74) is 2.53. The number of carbonyl (C=O) groups excluding carboxylic acids is 1. The molecule has 0 aliphatic rings. The Hall–Kier alpha value is -3.81. The van der Waals surface area contributed by atoms with Gasteiger partial charge in [-0.15, -0.1) is 0 Å². The van der Waals surface area contributed by atoms with E-state index >= 15 is 0 Å². The molecule has 4 aromatic rings. The van der Waals surface area contributed by atoms with Crippen LogP contribution in [0.5, 0.6) is 0 Å². The van der Waals surface area contributed by atoms with Crippen molar-refractivity contribution in [2.24, 2.45) is 0 Å².